The van der Waals surface area contributed by atoms with Gasteiger partial charge in [-0.1, -0.05) is 18.2 Å². The summed E-state index contributed by atoms with van der Waals surface area (Å²) in [7, 11) is 0. The number of carbonyl (C=O) groups excluding carboxylic acids is 4. The molecule has 168 valence electrons. The highest BCUT2D eigenvalue weighted by Crippen LogP contribution is 2.22. The van der Waals surface area contributed by atoms with Gasteiger partial charge in [0.15, 0.2) is 0 Å². The molecule has 1 aromatic carbocycles. The summed E-state index contributed by atoms with van der Waals surface area (Å²) in [6.45, 7) is 4.39. The Hall–Kier alpha value is -3.04. The molecule has 0 radical (unpaired) electrons. The average Bonchev–Trinajstić information content (AvgIpc) is 3.43. The van der Waals surface area contributed by atoms with Crippen molar-refractivity contribution in [1.29, 1.82) is 0 Å². The Morgan fingerprint density at radius 3 is 2.22 bits per heavy atom. The highest BCUT2D eigenvalue weighted by Gasteiger charge is 2.34. The quantitative estimate of drug-likeness (QED) is 0.614. The van der Waals surface area contributed by atoms with Crippen molar-refractivity contribution in [2.24, 2.45) is 0 Å². The van der Waals surface area contributed by atoms with Gasteiger partial charge in [-0.3, -0.25) is 29.0 Å². The standard InChI is InChI=1S/C23H26N4O4S/c28-20(8-3-10-27-22(30)17-5-1-2-6-18(17)23(27)31)26-14-12-25(13-15-26)11-9-24-21(29)19-7-4-16-32-19/h1-2,4-7,16H,3,8-15H2,(H,24,29). The van der Waals surface area contributed by atoms with E-state index in [2.05, 4.69) is 10.2 Å². The van der Waals surface area contributed by atoms with E-state index in [9.17, 15) is 19.2 Å². The SMILES string of the molecule is O=C(NCCN1CCN(C(=O)CCCN2C(=O)c3ccccc3C2=O)CC1)c1cccs1. The van der Waals surface area contributed by atoms with Gasteiger partial charge in [-0.05, 0) is 30.0 Å². The zero-order chi connectivity index (χ0) is 22.5. The monoisotopic (exact) mass is 454 g/mol. The molecule has 0 aliphatic carbocycles. The lowest BCUT2D eigenvalue weighted by Gasteiger charge is -2.34. The molecule has 1 saturated heterocycles. The van der Waals surface area contributed by atoms with Gasteiger partial charge < -0.3 is 10.2 Å². The molecule has 0 saturated carbocycles. The predicted octanol–water partition coefficient (Wildman–Crippen LogP) is 1.70. The Labute approximate surface area is 190 Å². The van der Waals surface area contributed by atoms with Gasteiger partial charge in [-0.25, -0.2) is 0 Å². The van der Waals surface area contributed by atoms with Crippen molar-refractivity contribution in [2.75, 3.05) is 45.8 Å². The molecule has 0 bridgehead atoms. The van der Waals surface area contributed by atoms with Crippen LogP contribution in [0.25, 0.3) is 0 Å². The van der Waals surface area contributed by atoms with Gasteiger partial charge in [0.05, 0.1) is 16.0 Å². The molecule has 3 heterocycles. The summed E-state index contributed by atoms with van der Waals surface area (Å²) < 4.78 is 0. The zero-order valence-corrected chi connectivity index (χ0v) is 18.6. The summed E-state index contributed by atoms with van der Waals surface area (Å²) in [4.78, 5) is 55.3. The first-order valence-electron chi connectivity index (χ1n) is 10.8. The number of nitrogens with zero attached hydrogens (tertiary/aromatic N) is 3. The number of hydrogen-bond acceptors (Lipinski definition) is 6. The van der Waals surface area contributed by atoms with E-state index in [-0.39, 0.29) is 30.2 Å². The van der Waals surface area contributed by atoms with Crippen molar-refractivity contribution < 1.29 is 19.2 Å². The maximum Gasteiger partial charge on any atom is 0.261 e. The van der Waals surface area contributed by atoms with Crippen LogP contribution in [0.1, 0.15) is 43.2 Å². The van der Waals surface area contributed by atoms with Gasteiger partial charge in [0.2, 0.25) is 5.91 Å². The summed E-state index contributed by atoms with van der Waals surface area (Å²) in [5, 5.41) is 4.80. The van der Waals surface area contributed by atoms with Crippen molar-refractivity contribution in [3.05, 3.63) is 57.8 Å². The van der Waals surface area contributed by atoms with E-state index in [4.69, 9.17) is 0 Å². The minimum absolute atomic E-state index is 0.0484. The molecule has 2 aliphatic rings. The van der Waals surface area contributed by atoms with Gasteiger partial charge >= 0.3 is 0 Å². The van der Waals surface area contributed by atoms with Crippen LogP contribution in [0.15, 0.2) is 41.8 Å². The number of thiophene rings is 1. The number of fused-ring (bicyclic) bond motifs is 1. The van der Waals surface area contributed by atoms with E-state index >= 15 is 0 Å². The van der Waals surface area contributed by atoms with E-state index in [1.807, 2.05) is 16.3 Å². The second-order valence-corrected chi connectivity index (χ2v) is 8.81. The van der Waals surface area contributed by atoms with Gasteiger partial charge in [-0.2, -0.15) is 0 Å². The lowest BCUT2D eigenvalue weighted by molar-refractivity contribution is -0.133. The average molecular weight is 455 g/mol. The van der Waals surface area contributed by atoms with E-state index in [0.29, 0.717) is 48.5 Å². The third-order valence-electron chi connectivity index (χ3n) is 5.83. The normalized spacial score (nSPS) is 16.4. The summed E-state index contributed by atoms with van der Waals surface area (Å²) >= 11 is 1.42. The lowest BCUT2D eigenvalue weighted by atomic mass is 10.1. The molecule has 1 aromatic heterocycles. The van der Waals surface area contributed by atoms with Crippen LogP contribution in [0.3, 0.4) is 0 Å². The van der Waals surface area contributed by atoms with Crippen LogP contribution in [0.4, 0.5) is 0 Å². The Balaban J connectivity index is 1.14. The van der Waals surface area contributed by atoms with Crippen LogP contribution in [0.5, 0.6) is 0 Å². The number of piperazine rings is 1. The molecule has 0 spiro atoms. The number of carbonyl (C=O) groups is 4. The first-order chi connectivity index (χ1) is 15.5. The number of benzene rings is 1. The largest absolute Gasteiger partial charge is 0.350 e. The Kier molecular flexibility index (Phi) is 6.96. The third-order valence-corrected chi connectivity index (χ3v) is 6.70. The Bertz CT molecular complexity index is 964. The summed E-state index contributed by atoms with van der Waals surface area (Å²) in [6, 6.07) is 10.5. The van der Waals surface area contributed by atoms with Crippen molar-refractivity contribution in [3.8, 4) is 0 Å². The lowest BCUT2D eigenvalue weighted by Crippen LogP contribution is -2.50. The molecule has 4 rings (SSSR count). The Morgan fingerprint density at radius 2 is 1.59 bits per heavy atom. The minimum Gasteiger partial charge on any atom is -0.350 e. The van der Waals surface area contributed by atoms with Crippen molar-refractivity contribution in [2.45, 2.75) is 12.8 Å². The molecule has 9 heteroatoms. The van der Waals surface area contributed by atoms with Crippen LogP contribution in [0, 0.1) is 0 Å². The molecule has 0 unspecified atom stereocenters. The van der Waals surface area contributed by atoms with E-state index in [1.165, 1.54) is 16.2 Å². The summed E-state index contributed by atoms with van der Waals surface area (Å²) in [6.07, 6.45) is 0.767. The van der Waals surface area contributed by atoms with Crippen LogP contribution >= 0.6 is 11.3 Å². The van der Waals surface area contributed by atoms with Gasteiger partial charge in [0.1, 0.15) is 0 Å². The van der Waals surface area contributed by atoms with E-state index in [0.717, 1.165) is 19.6 Å². The number of hydrogen-bond donors (Lipinski definition) is 1. The second kappa shape index (κ2) is 10.1. The molecule has 8 nitrogen and oxygen atoms in total. The third kappa shape index (κ3) is 4.89. The number of nitrogens with one attached hydrogen (secondary N) is 1. The highest BCUT2D eigenvalue weighted by atomic mass is 32.1. The zero-order valence-electron chi connectivity index (χ0n) is 17.8. The van der Waals surface area contributed by atoms with Crippen LogP contribution in [0.2, 0.25) is 0 Å². The van der Waals surface area contributed by atoms with Gasteiger partial charge in [0, 0.05) is 52.2 Å². The van der Waals surface area contributed by atoms with E-state index in [1.54, 1.807) is 30.3 Å². The van der Waals surface area contributed by atoms with Crippen LogP contribution < -0.4 is 5.32 Å². The van der Waals surface area contributed by atoms with Gasteiger partial charge in [0.25, 0.3) is 17.7 Å². The predicted molar refractivity (Wildman–Crippen MR) is 121 cm³/mol. The fraction of sp³-hybridized carbons (Fsp3) is 0.391. The fourth-order valence-electron chi connectivity index (χ4n) is 4.03. The maximum atomic E-state index is 12.6. The maximum absolute atomic E-state index is 12.6. The number of amides is 4. The minimum atomic E-state index is -0.280. The summed E-state index contributed by atoms with van der Waals surface area (Å²) in [5.74, 6) is -0.560. The first kappa shape index (κ1) is 22.2. The fourth-order valence-corrected chi connectivity index (χ4v) is 4.67. The molecule has 4 amide bonds. The number of rotatable bonds is 8. The molecule has 1 N–H and O–H groups in total. The Morgan fingerprint density at radius 1 is 0.906 bits per heavy atom. The second-order valence-electron chi connectivity index (χ2n) is 7.87. The van der Waals surface area contributed by atoms with Gasteiger partial charge in [-0.15, -0.1) is 11.3 Å². The topological polar surface area (TPSA) is 90.0 Å². The number of imide groups is 1. The molecule has 2 aromatic rings. The first-order valence-corrected chi connectivity index (χ1v) is 11.7. The smallest absolute Gasteiger partial charge is 0.261 e. The molecule has 1 fully saturated rings. The molecule has 2 aliphatic heterocycles. The molecule has 32 heavy (non-hydrogen) atoms. The molecular weight excluding hydrogens is 428 g/mol. The van der Waals surface area contributed by atoms with Crippen LogP contribution in [-0.4, -0.2) is 84.1 Å². The molecule has 0 atom stereocenters. The van der Waals surface area contributed by atoms with E-state index < -0.39 is 0 Å². The van der Waals surface area contributed by atoms with Crippen molar-refractivity contribution in [3.63, 3.8) is 0 Å². The van der Waals surface area contributed by atoms with Crippen molar-refractivity contribution >= 4 is 35.0 Å². The van der Waals surface area contributed by atoms with Crippen LogP contribution in [-0.2, 0) is 4.79 Å². The molecular formula is C23H26N4O4S. The highest BCUT2D eigenvalue weighted by molar-refractivity contribution is 7.12. The summed E-state index contributed by atoms with van der Waals surface area (Å²) in [5.41, 5.74) is 0.873. The van der Waals surface area contributed by atoms with Crippen molar-refractivity contribution in [1.82, 2.24) is 20.0 Å².